The lowest BCUT2D eigenvalue weighted by atomic mass is 9.95. The van der Waals surface area contributed by atoms with E-state index in [4.69, 9.17) is 9.47 Å². The fourth-order valence-electron chi connectivity index (χ4n) is 10.8. The number of ether oxygens (including phenoxy) is 2. The van der Waals surface area contributed by atoms with Gasteiger partial charge in [-0.15, -0.1) is 34.0 Å². The summed E-state index contributed by atoms with van der Waals surface area (Å²) < 4.78 is 12.3. The number of thiophene rings is 3. The van der Waals surface area contributed by atoms with Crippen LogP contribution in [-0.2, 0) is 30.5 Å². The first kappa shape index (κ1) is 66.5. The van der Waals surface area contributed by atoms with Gasteiger partial charge in [-0.05, 0) is 195 Å². The largest absolute Gasteiger partial charge is 0.494 e. The molecule has 0 aliphatic rings. The summed E-state index contributed by atoms with van der Waals surface area (Å²) in [6.45, 7) is 15.0. The summed E-state index contributed by atoms with van der Waals surface area (Å²) in [5.74, 6) is 0.634. The van der Waals surface area contributed by atoms with Gasteiger partial charge < -0.3 is 19.5 Å². The Labute approximate surface area is 513 Å². The molecule has 0 unspecified atom stereocenters. The van der Waals surface area contributed by atoms with Gasteiger partial charge in [-0.2, -0.15) is 5.26 Å². The highest BCUT2D eigenvalue weighted by Crippen LogP contribution is 2.41. The summed E-state index contributed by atoms with van der Waals surface area (Å²) in [6, 6.07) is 32.6. The fourth-order valence-corrected chi connectivity index (χ4v) is 14.2. The number of unbranched alkanes of at least 4 members (excludes halogenated alkanes) is 18. The first-order chi connectivity index (χ1) is 40.7. The standard InChI is InChI=1S/C74H98N2O4S3/c1-7-13-19-25-31-65-66(32-26-20-14-8-2)71(51-52-72-67(33-27-21-15-9-3)68(34-28-22-16-10-4)73(83-72)55-58(56-75)74(77)78)82-70(65)50-48-64-47-49-69(81-64)57-35-37-59(38-36-57)76(60-39-43-62(44-40-60)79-53-29-23-17-11-5)61-41-45-63(46-42-61)80-54-30-24-18-12-6/h35-52,55H,7-34,53-54H2,1-6H3,(H,77,78)/b50-48+,52-51+,58-55+. The number of nitriles is 1. The van der Waals surface area contributed by atoms with Crippen molar-refractivity contribution >= 4 is 87.4 Å². The van der Waals surface area contributed by atoms with E-state index in [-0.39, 0.29) is 5.57 Å². The van der Waals surface area contributed by atoms with Crippen molar-refractivity contribution in [3.8, 4) is 28.0 Å². The highest BCUT2D eigenvalue weighted by atomic mass is 32.1. The quantitative estimate of drug-likeness (QED) is 0.0234. The summed E-state index contributed by atoms with van der Waals surface area (Å²) in [7, 11) is 0. The average Bonchev–Trinajstić information content (AvgIpc) is 4.42. The Morgan fingerprint density at radius 1 is 0.446 bits per heavy atom. The van der Waals surface area contributed by atoms with Gasteiger partial charge in [0.2, 0.25) is 0 Å². The van der Waals surface area contributed by atoms with Crippen molar-refractivity contribution in [2.45, 2.75) is 221 Å². The van der Waals surface area contributed by atoms with Gasteiger partial charge in [0.1, 0.15) is 23.1 Å². The molecule has 0 aliphatic heterocycles. The van der Waals surface area contributed by atoms with Gasteiger partial charge in [0.15, 0.2) is 0 Å². The Balaban J connectivity index is 1.32. The van der Waals surface area contributed by atoms with Crippen LogP contribution in [-0.4, -0.2) is 24.3 Å². The van der Waals surface area contributed by atoms with Crippen LogP contribution in [0.1, 0.15) is 242 Å². The zero-order valence-electron chi connectivity index (χ0n) is 51.5. The second-order valence-electron chi connectivity index (χ2n) is 22.3. The van der Waals surface area contributed by atoms with E-state index in [1.807, 2.05) is 28.7 Å². The molecule has 3 aromatic carbocycles. The van der Waals surface area contributed by atoms with Crippen molar-refractivity contribution in [2.24, 2.45) is 0 Å². The van der Waals surface area contributed by atoms with E-state index < -0.39 is 5.97 Å². The van der Waals surface area contributed by atoms with Gasteiger partial charge in [-0.1, -0.05) is 169 Å². The number of hydrogen-bond acceptors (Lipinski definition) is 8. The summed E-state index contributed by atoms with van der Waals surface area (Å²) >= 11 is 5.44. The summed E-state index contributed by atoms with van der Waals surface area (Å²) in [5, 5.41) is 19.9. The molecule has 83 heavy (non-hydrogen) atoms. The third-order valence-corrected chi connectivity index (χ3v) is 19.1. The number of carboxylic acid groups (broad SMARTS) is 1. The topological polar surface area (TPSA) is 82.8 Å². The Bertz CT molecular complexity index is 2870. The Morgan fingerprint density at radius 2 is 0.807 bits per heavy atom. The van der Waals surface area contributed by atoms with Gasteiger partial charge >= 0.3 is 5.97 Å². The second-order valence-corrected chi connectivity index (χ2v) is 25.6. The van der Waals surface area contributed by atoms with Crippen LogP contribution in [0.3, 0.4) is 0 Å². The van der Waals surface area contributed by atoms with Gasteiger partial charge in [0.25, 0.3) is 0 Å². The Hall–Kier alpha value is -5.66. The van der Waals surface area contributed by atoms with Crippen molar-refractivity contribution in [3.63, 3.8) is 0 Å². The molecule has 6 aromatic rings. The van der Waals surface area contributed by atoms with E-state index in [0.717, 1.165) is 111 Å². The fraction of sp³-hybridized carbons (Fsp3) is 0.486. The Morgan fingerprint density at radius 3 is 1.19 bits per heavy atom. The highest BCUT2D eigenvalue weighted by Gasteiger charge is 2.21. The van der Waals surface area contributed by atoms with Crippen LogP contribution in [0.2, 0.25) is 0 Å². The van der Waals surface area contributed by atoms with Crippen molar-refractivity contribution < 1.29 is 19.4 Å². The zero-order chi connectivity index (χ0) is 58.9. The van der Waals surface area contributed by atoms with Gasteiger partial charge in [0, 0.05) is 46.3 Å². The maximum atomic E-state index is 12.2. The molecule has 9 heteroatoms. The lowest BCUT2D eigenvalue weighted by Crippen LogP contribution is -2.10. The predicted molar refractivity (Wildman–Crippen MR) is 363 cm³/mol. The molecule has 0 fully saturated rings. The normalized spacial score (nSPS) is 11.8. The minimum Gasteiger partial charge on any atom is -0.494 e. The minimum atomic E-state index is -1.16. The molecule has 1 N–H and O–H groups in total. The molecule has 3 aromatic heterocycles. The summed E-state index contributed by atoms with van der Waals surface area (Å²) in [5.41, 5.74) is 9.83. The number of nitrogens with zero attached hydrogens (tertiary/aromatic N) is 2. The summed E-state index contributed by atoms with van der Waals surface area (Å²) in [6.07, 6.45) is 43.5. The van der Waals surface area contributed by atoms with E-state index in [1.165, 1.54) is 168 Å². The molecule has 6 nitrogen and oxygen atoms in total. The van der Waals surface area contributed by atoms with Crippen LogP contribution in [0.5, 0.6) is 11.5 Å². The molecular formula is C74H98N2O4S3. The lowest BCUT2D eigenvalue weighted by molar-refractivity contribution is -0.132. The number of carbonyl (C=O) groups is 1. The van der Waals surface area contributed by atoms with Crippen LogP contribution in [0.4, 0.5) is 17.1 Å². The predicted octanol–water partition coefficient (Wildman–Crippen LogP) is 23.7. The smallest absolute Gasteiger partial charge is 0.346 e. The highest BCUT2D eigenvalue weighted by molar-refractivity contribution is 7.16. The Kier molecular flexibility index (Phi) is 30.7. The molecule has 0 radical (unpaired) electrons. The zero-order valence-corrected chi connectivity index (χ0v) is 53.9. The number of hydrogen-bond donors (Lipinski definition) is 1. The first-order valence-corrected chi connectivity index (χ1v) is 34.7. The van der Waals surface area contributed by atoms with E-state index in [9.17, 15) is 15.2 Å². The number of carboxylic acids is 1. The van der Waals surface area contributed by atoms with Crippen LogP contribution < -0.4 is 14.4 Å². The molecule has 0 bridgehead atoms. The van der Waals surface area contributed by atoms with Crippen LogP contribution >= 0.6 is 34.0 Å². The molecule has 0 amide bonds. The average molecular weight is 1180 g/mol. The van der Waals surface area contributed by atoms with Crippen LogP contribution in [0.25, 0.3) is 40.8 Å². The third-order valence-electron chi connectivity index (χ3n) is 15.7. The maximum Gasteiger partial charge on any atom is 0.346 e. The second kappa shape index (κ2) is 38.3. The van der Waals surface area contributed by atoms with Crippen LogP contribution in [0.15, 0.2) is 90.5 Å². The van der Waals surface area contributed by atoms with Gasteiger partial charge in [0.05, 0.1) is 13.2 Å². The van der Waals surface area contributed by atoms with Crippen molar-refractivity contribution in [1.82, 2.24) is 0 Å². The van der Waals surface area contributed by atoms with Crippen molar-refractivity contribution in [1.29, 1.82) is 5.26 Å². The number of anilines is 3. The first-order valence-electron chi connectivity index (χ1n) is 32.2. The monoisotopic (exact) mass is 1170 g/mol. The molecule has 0 atom stereocenters. The molecule has 0 saturated heterocycles. The number of benzene rings is 3. The van der Waals surface area contributed by atoms with E-state index in [0.29, 0.717) is 0 Å². The van der Waals surface area contributed by atoms with Gasteiger partial charge in [-0.25, -0.2) is 4.79 Å². The van der Waals surface area contributed by atoms with E-state index in [1.54, 1.807) is 17.4 Å². The molecular weight excluding hydrogens is 1080 g/mol. The number of aliphatic carboxylic acids is 1. The minimum absolute atomic E-state index is 0.197. The number of rotatable bonds is 42. The molecule has 6 rings (SSSR count). The SMILES string of the molecule is CCCCCCOc1ccc(N(c2ccc(OCCCCCC)cc2)c2ccc(-c3ccc(/C=C/c4sc(/C=C/c5sc(/C=C(\C#N)C(=O)O)c(CCCCCC)c5CCCCCC)c(CCCCCC)c4CCCCCC)s3)cc2)cc1. The molecule has 0 aliphatic carbocycles. The molecule has 0 spiro atoms. The van der Waals surface area contributed by atoms with E-state index >= 15 is 0 Å². The lowest BCUT2D eigenvalue weighted by Gasteiger charge is -2.26. The summed E-state index contributed by atoms with van der Waals surface area (Å²) in [4.78, 5) is 21.8. The van der Waals surface area contributed by atoms with Crippen molar-refractivity contribution in [2.75, 3.05) is 18.1 Å². The molecule has 0 saturated carbocycles. The molecule has 446 valence electrons. The van der Waals surface area contributed by atoms with E-state index in [2.05, 4.69) is 156 Å². The van der Waals surface area contributed by atoms with Crippen molar-refractivity contribution in [3.05, 3.63) is 137 Å². The maximum absolute atomic E-state index is 12.2. The van der Waals surface area contributed by atoms with Crippen LogP contribution in [0, 0.1) is 11.3 Å². The molecule has 3 heterocycles. The third kappa shape index (κ3) is 21.7. The van der Waals surface area contributed by atoms with Gasteiger partial charge in [-0.3, -0.25) is 0 Å².